The molecule has 1 atom stereocenters. The maximum Gasteiger partial charge on any atom is 0.246 e. The van der Waals surface area contributed by atoms with Crippen molar-refractivity contribution in [3.05, 3.63) is 39.9 Å². The number of nitrogens with zero attached hydrogens (tertiary/aromatic N) is 1. The van der Waals surface area contributed by atoms with Crippen molar-refractivity contribution in [1.82, 2.24) is 4.90 Å². The predicted molar refractivity (Wildman–Crippen MR) is 74.7 cm³/mol. The van der Waals surface area contributed by atoms with E-state index in [0.717, 1.165) is 12.0 Å². The molecule has 2 N–H and O–H groups in total. The summed E-state index contributed by atoms with van der Waals surface area (Å²) in [4.78, 5) is 13.6. The summed E-state index contributed by atoms with van der Waals surface area (Å²) < 4.78 is 0. The number of likely N-dealkylation sites (tertiary alicyclic amines) is 1. The van der Waals surface area contributed by atoms with Crippen LogP contribution >= 0.6 is 23.2 Å². The van der Waals surface area contributed by atoms with Crippen LogP contribution in [0.4, 0.5) is 0 Å². The number of halogens is 2. The van der Waals surface area contributed by atoms with Crippen molar-refractivity contribution in [3.63, 3.8) is 0 Å². The van der Waals surface area contributed by atoms with E-state index in [4.69, 9.17) is 28.9 Å². The number of hydrogen-bond acceptors (Lipinski definition) is 2. The number of amides is 1. The van der Waals surface area contributed by atoms with Crippen LogP contribution in [0.25, 0.3) is 6.08 Å². The minimum atomic E-state index is -0.0426. The first kappa shape index (κ1) is 13.4. The zero-order valence-corrected chi connectivity index (χ0v) is 11.3. The molecule has 96 valence electrons. The number of hydrogen-bond donors (Lipinski definition) is 1. The summed E-state index contributed by atoms with van der Waals surface area (Å²) in [5.74, 6) is -0.0426. The van der Waals surface area contributed by atoms with Crippen LogP contribution in [0.5, 0.6) is 0 Å². The lowest BCUT2D eigenvalue weighted by Gasteiger charge is -2.12. The lowest BCUT2D eigenvalue weighted by atomic mass is 10.2. The molecular formula is C13H14Cl2N2O. The summed E-state index contributed by atoms with van der Waals surface area (Å²) in [6.07, 6.45) is 4.05. The van der Waals surface area contributed by atoms with Gasteiger partial charge < -0.3 is 10.6 Å². The van der Waals surface area contributed by atoms with Crippen LogP contribution in [-0.4, -0.2) is 29.9 Å². The first-order valence-corrected chi connectivity index (χ1v) is 6.49. The molecule has 1 aromatic carbocycles. The number of rotatable bonds is 2. The second-order valence-electron chi connectivity index (χ2n) is 4.33. The predicted octanol–water partition coefficient (Wildman–Crippen LogP) is 2.57. The third-order valence-electron chi connectivity index (χ3n) is 2.90. The zero-order valence-electron chi connectivity index (χ0n) is 9.77. The van der Waals surface area contributed by atoms with Gasteiger partial charge in [-0.1, -0.05) is 23.2 Å². The van der Waals surface area contributed by atoms with Crippen LogP contribution in [0, 0.1) is 0 Å². The smallest absolute Gasteiger partial charge is 0.246 e. The van der Waals surface area contributed by atoms with Gasteiger partial charge in [0.2, 0.25) is 5.91 Å². The topological polar surface area (TPSA) is 46.3 Å². The van der Waals surface area contributed by atoms with E-state index in [0.29, 0.717) is 23.1 Å². The summed E-state index contributed by atoms with van der Waals surface area (Å²) in [7, 11) is 0. The summed E-state index contributed by atoms with van der Waals surface area (Å²) in [5.41, 5.74) is 6.49. The molecule has 3 nitrogen and oxygen atoms in total. The molecule has 2 rings (SSSR count). The van der Waals surface area contributed by atoms with Gasteiger partial charge in [0.15, 0.2) is 0 Å². The molecule has 0 unspecified atom stereocenters. The zero-order chi connectivity index (χ0) is 13.1. The molecule has 18 heavy (non-hydrogen) atoms. The second kappa shape index (κ2) is 5.74. The van der Waals surface area contributed by atoms with Crippen molar-refractivity contribution >= 4 is 35.2 Å². The molecule has 1 aliphatic rings. The van der Waals surface area contributed by atoms with Crippen LogP contribution < -0.4 is 5.73 Å². The van der Waals surface area contributed by atoms with Gasteiger partial charge in [0.05, 0.1) is 0 Å². The van der Waals surface area contributed by atoms with E-state index in [1.807, 2.05) is 0 Å². The van der Waals surface area contributed by atoms with E-state index >= 15 is 0 Å². The van der Waals surface area contributed by atoms with Crippen molar-refractivity contribution < 1.29 is 4.79 Å². The Labute approximate surface area is 116 Å². The number of benzene rings is 1. The van der Waals surface area contributed by atoms with Crippen LogP contribution in [0.1, 0.15) is 12.0 Å². The number of carbonyl (C=O) groups is 1. The highest BCUT2D eigenvalue weighted by atomic mass is 35.5. The van der Waals surface area contributed by atoms with Gasteiger partial charge in [-0.25, -0.2) is 0 Å². The standard InChI is InChI=1S/C13H14Cl2N2O/c14-10-2-3-12(15)9(7-10)1-4-13(18)17-6-5-11(16)8-17/h1-4,7,11H,5-6,8,16H2/b4-1+/t11-/m1/s1. The first-order chi connectivity index (χ1) is 8.56. The van der Waals surface area contributed by atoms with Crippen molar-refractivity contribution in [1.29, 1.82) is 0 Å². The first-order valence-electron chi connectivity index (χ1n) is 5.74. The Morgan fingerprint density at radius 3 is 2.89 bits per heavy atom. The minimum Gasteiger partial charge on any atom is -0.338 e. The average Bonchev–Trinajstić information content (AvgIpc) is 2.77. The van der Waals surface area contributed by atoms with Crippen molar-refractivity contribution in [2.45, 2.75) is 12.5 Å². The normalized spacial score (nSPS) is 19.7. The van der Waals surface area contributed by atoms with E-state index in [9.17, 15) is 4.79 Å². The molecule has 1 aliphatic heterocycles. The quantitative estimate of drug-likeness (QED) is 0.849. The van der Waals surface area contributed by atoms with E-state index < -0.39 is 0 Å². The van der Waals surface area contributed by atoms with Gasteiger partial charge in [0, 0.05) is 35.3 Å². The Bertz CT molecular complexity index is 488. The highest BCUT2D eigenvalue weighted by molar-refractivity contribution is 6.34. The van der Waals surface area contributed by atoms with Gasteiger partial charge >= 0.3 is 0 Å². The third-order valence-corrected chi connectivity index (χ3v) is 3.48. The fraction of sp³-hybridized carbons (Fsp3) is 0.308. The Morgan fingerprint density at radius 1 is 1.44 bits per heavy atom. The summed E-state index contributed by atoms with van der Waals surface area (Å²) >= 11 is 11.9. The van der Waals surface area contributed by atoms with Crippen LogP contribution in [-0.2, 0) is 4.79 Å². The van der Waals surface area contributed by atoms with Crippen LogP contribution in [0.2, 0.25) is 10.0 Å². The van der Waals surface area contributed by atoms with E-state index in [1.54, 1.807) is 29.2 Å². The SMILES string of the molecule is N[C@@H]1CCN(C(=O)/C=C/c2cc(Cl)ccc2Cl)C1. The lowest BCUT2D eigenvalue weighted by molar-refractivity contribution is -0.124. The monoisotopic (exact) mass is 284 g/mol. The van der Waals surface area contributed by atoms with E-state index in [1.165, 1.54) is 6.08 Å². The van der Waals surface area contributed by atoms with E-state index in [2.05, 4.69) is 0 Å². The molecule has 1 fully saturated rings. The third kappa shape index (κ3) is 3.25. The summed E-state index contributed by atoms with van der Waals surface area (Å²) in [6.45, 7) is 1.33. The number of nitrogens with two attached hydrogens (primary N) is 1. The largest absolute Gasteiger partial charge is 0.338 e. The Kier molecular flexibility index (Phi) is 4.27. The summed E-state index contributed by atoms with van der Waals surface area (Å²) in [6, 6.07) is 5.24. The molecule has 5 heteroatoms. The molecule has 1 aromatic rings. The maximum absolute atomic E-state index is 11.9. The van der Waals surface area contributed by atoms with Crippen LogP contribution in [0.3, 0.4) is 0 Å². The van der Waals surface area contributed by atoms with Crippen LogP contribution in [0.15, 0.2) is 24.3 Å². The molecule has 1 saturated heterocycles. The fourth-order valence-corrected chi connectivity index (χ4v) is 2.26. The van der Waals surface area contributed by atoms with Crippen molar-refractivity contribution in [2.75, 3.05) is 13.1 Å². The molecule has 0 aliphatic carbocycles. The van der Waals surface area contributed by atoms with Crippen molar-refractivity contribution in [2.24, 2.45) is 5.73 Å². The van der Waals surface area contributed by atoms with E-state index in [-0.39, 0.29) is 11.9 Å². The molecule has 0 saturated carbocycles. The summed E-state index contributed by atoms with van der Waals surface area (Å²) in [5, 5.41) is 1.16. The lowest BCUT2D eigenvalue weighted by Crippen LogP contribution is -2.30. The van der Waals surface area contributed by atoms with Gasteiger partial charge in [0.1, 0.15) is 0 Å². The van der Waals surface area contributed by atoms with Crippen molar-refractivity contribution in [3.8, 4) is 0 Å². The minimum absolute atomic E-state index is 0.0426. The molecule has 1 heterocycles. The Hall–Kier alpha value is -1.03. The average molecular weight is 285 g/mol. The second-order valence-corrected chi connectivity index (χ2v) is 5.18. The van der Waals surface area contributed by atoms with Gasteiger partial charge in [-0.3, -0.25) is 4.79 Å². The fourth-order valence-electron chi connectivity index (χ4n) is 1.90. The van der Waals surface area contributed by atoms with Gasteiger partial charge in [-0.05, 0) is 36.3 Å². The Balaban J connectivity index is 2.06. The maximum atomic E-state index is 11.9. The van der Waals surface area contributed by atoms with Gasteiger partial charge in [0.25, 0.3) is 0 Å². The molecule has 0 spiro atoms. The molecule has 1 amide bonds. The van der Waals surface area contributed by atoms with Gasteiger partial charge in [-0.15, -0.1) is 0 Å². The molecule has 0 radical (unpaired) electrons. The Morgan fingerprint density at radius 2 is 2.22 bits per heavy atom. The molecular weight excluding hydrogens is 271 g/mol. The number of carbonyl (C=O) groups excluding carboxylic acids is 1. The molecule has 0 bridgehead atoms. The van der Waals surface area contributed by atoms with Gasteiger partial charge in [-0.2, -0.15) is 0 Å². The molecule has 0 aromatic heterocycles. The highest BCUT2D eigenvalue weighted by Crippen LogP contribution is 2.22. The highest BCUT2D eigenvalue weighted by Gasteiger charge is 2.21.